The number of hydrogen-bond acceptors (Lipinski definition) is 6. The third-order valence-corrected chi connectivity index (χ3v) is 4.96. The summed E-state index contributed by atoms with van der Waals surface area (Å²) < 4.78 is 20.3. The van der Waals surface area contributed by atoms with Crippen LogP contribution >= 0.6 is 0 Å². The van der Waals surface area contributed by atoms with E-state index in [1.54, 1.807) is 24.0 Å². The molecule has 1 saturated heterocycles. The summed E-state index contributed by atoms with van der Waals surface area (Å²) in [6.07, 6.45) is 3.65. The Kier molecular flexibility index (Phi) is 5.66. The van der Waals surface area contributed by atoms with E-state index in [0.29, 0.717) is 24.8 Å². The lowest BCUT2D eigenvalue weighted by atomic mass is 10.0. The van der Waals surface area contributed by atoms with Gasteiger partial charge >= 0.3 is 0 Å². The van der Waals surface area contributed by atoms with E-state index in [2.05, 4.69) is 20.6 Å². The molecule has 2 aromatic heterocycles. The molecule has 0 radical (unpaired) electrons. The van der Waals surface area contributed by atoms with Crippen molar-refractivity contribution in [1.29, 1.82) is 0 Å². The van der Waals surface area contributed by atoms with Crippen molar-refractivity contribution in [2.75, 3.05) is 19.6 Å². The van der Waals surface area contributed by atoms with Gasteiger partial charge in [0.15, 0.2) is 11.8 Å². The zero-order valence-corrected chi connectivity index (χ0v) is 16.1. The number of nitrogens with one attached hydrogen (secondary N) is 2. The minimum atomic E-state index is -0.699. The molecule has 29 heavy (non-hydrogen) atoms. The number of benzene rings is 1. The van der Waals surface area contributed by atoms with Gasteiger partial charge in [-0.05, 0) is 44.2 Å². The minimum absolute atomic E-state index is 0.253. The van der Waals surface area contributed by atoms with Gasteiger partial charge in [0.2, 0.25) is 0 Å². The quantitative estimate of drug-likeness (QED) is 0.628. The number of amides is 1. The topological polar surface area (TPSA) is 94.0 Å². The van der Waals surface area contributed by atoms with Crippen molar-refractivity contribution in [3.05, 3.63) is 48.2 Å². The maximum absolute atomic E-state index is 13.0. The Labute approximate surface area is 167 Å². The van der Waals surface area contributed by atoms with Gasteiger partial charge in [-0.3, -0.25) is 4.79 Å². The summed E-state index contributed by atoms with van der Waals surface area (Å²) in [5.74, 6) is 0.167. The molecule has 2 atom stereocenters. The van der Waals surface area contributed by atoms with Gasteiger partial charge in [-0.2, -0.15) is 5.10 Å². The lowest BCUT2D eigenvalue weighted by Crippen LogP contribution is -2.38. The van der Waals surface area contributed by atoms with Crippen LogP contribution in [0.5, 0.6) is 5.75 Å². The largest absolute Gasteiger partial charge is 0.481 e. The Bertz CT molecular complexity index is 984. The summed E-state index contributed by atoms with van der Waals surface area (Å²) in [5.41, 5.74) is 2.50. The van der Waals surface area contributed by atoms with Crippen LogP contribution in [-0.4, -0.2) is 51.4 Å². The van der Waals surface area contributed by atoms with Gasteiger partial charge in [0.1, 0.15) is 17.1 Å². The Morgan fingerprint density at radius 1 is 1.34 bits per heavy atom. The zero-order chi connectivity index (χ0) is 20.2. The number of ether oxygens (including phenoxy) is 1. The second kappa shape index (κ2) is 8.52. The molecule has 1 aromatic carbocycles. The molecule has 8 nitrogen and oxygen atoms in total. The zero-order valence-electron chi connectivity index (χ0n) is 16.1. The van der Waals surface area contributed by atoms with Crippen LogP contribution in [0, 0.1) is 5.82 Å². The molecule has 0 aliphatic carbocycles. The van der Waals surface area contributed by atoms with E-state index >= 15 is 0 Å². The summed E-state index contributed by atoms with van der Waals surface area (Å²) in [6.45, 7) is 4.37. The first kappa shape index (κ1) is 19.3. The third kappa shape index (κ3) is 4.34. The molecule has 3 heterocycles. The van der Waals surface area contributed by atoms with E-state index in [1.807, 2.05) is 0 Å². The van der Waals surface area contributed by atoms with Crippen LogP contribution in [0.4, 0.5) is 4.39 Å². The van der Waals surface area contributed by atoms with Gasteiger partial charge in [0.05, 0.1) is 12.2 Å². The highest BCUT2D eigenvalue weighted by Gasteiger charge is 2.24. The van der Waals surface area contributed by atoms with Crippen LogP contribution in [-0.2, 0) is 11.3 Å². The highest BCUT2D eigenvalue weighted by atomic mass is 19.1. The van der Waals surface area contributed by atoms with Crippen molar-refractivity contribution in [1.82, 2.24) is 30.4 Å². The van der Waals surface area contributed by atoms with Gasteiger partial charge in [-0.15, -0.1) is 0 Å². The number of fused-ring (bicyclic) bond motifs is 1. The Morgan fingerprint density at radius 2 is 2.14 bits per heavy atom. The first-order valence-electron chi connectivity index (χ1n) is 9.70. The molecule has 2 N–H and O–H groups in total. The molecule has 4 rings (SSSR count). The third-order valence-electron chi connectivity index (χ3n) is 4.96. The standard InChI is InChI=1S/C20H23FN6O2/c1-13(29-16-4-2-15(21)3-5-16)20(28)25-10-11-27-19-18(23-8-9-24-19)17(26-27)14-6-7-22-12-14/h2-5,8-9,13-14,22H,6-7,10-12H2,1H3,(H,25,28)/t13-,14-/m1/s1. The monoisotopic (exact) mass is 398 g/mol. The van der Waals surface area contributed by atoms with E-state index in [1.165, 1.54) is 24.3 Å². The fraction of sp³-hybridized carbons (Fsp3) is 0.400. The number of hydrogen-bond donors (Lipinski definition) is 2. The summed E-state index contributed by atoms with van der Waals surface area (Å²) >= 11 is 0. The maximum Gasteiger partial charge on any atom is 0.260 e. The van der Waals surface area contributed by atoms with Gasteiger partial charge in [-0.1, -0.05) is 0 Å². The average Bonchev–Trinajstić information content (AvgIpc) is 3.38. The fourth-order valence-electron chi connectivity index (χ4n) is 3.44. The predicted molar refractivity (Wildman–Crippen MR) is 105 cm³/mol. The molecule has 152 valence electrons. The fourth-order valence-corrected chi connectivity index (χ4v) is 3.44. The van der Waals surface area contributed by atoms with Crippen molar-refractivity contribution in [2.24, 2.45) is 0 Å². The lowest BCUT2D eigenvalue weighted by molar-refractivity contribution is -0.127. The molecular formula is C20H23FN6O2. The number of rotatable bonds is 7. The first-order valence-corrected chi connectivity index (χ1v) is 9.70. The van der Waals surface area contributed by atoms with Crippen LogP contribution in [0.3, 0.4) is 0 Å². The van der Waals surface area contributed by atoms with Gasteiger partial charge in [0.25, 0.3) is 5.91 Å². The number of carbonyl (C=O) groups excluding carboxylic acids is 1. The molecule has 1 aliphatic rings. The van der Waals surface area contributed by atoms with Crippen molar-refractivity contribution in [3.8, 4) is 5.75 Å². The SMILES string of the molecule is C[C@@H](Oc1ccc(F)cc1)C(=O)NCCn1nc([C@@H]2CCNC2)c2nccnc21. The van der Waals surface area contributed by atoms with Gasteiger partial charge in [-0.25, -0.2) is 19.0 Å². The number of aromatic nitrogens is 4. The lowest BCUT2D eigenvalue weighted by Gasteiger charge is -2.14. The van der Waals surface area contributed by atoms with E-state index in [-0.39, 0.29) is 11.7 Å². The van der Waals surface area contributed by atoms with Crippen LogP contribution in [0.2, 0.25) is 0 Å². The second-order valence-electron chi connectivity index (χ2n) is 7.03. The summed E-state index contributed by atoms with van der Waals surface area (Å²) in [6, 6.07) is 5.57. The molecular weight excluding hydrogens is 375 g/mol. The smallest absolute Gasteiger partial charge is 0.260 e. The normalized spacial score (nSPS) is 17.4. The summed E-state index contributed by atoms with van der Waals surface area (Å²) in [4.78, 5) is 21.2. The predicted octanol–water partition coefficient (Wildman–Crippen LogP) is 1.63. The summed E-state index contributed by atoms with van der Waals surface area (Å²) in [5, 5.41) is 10.9. The Balaban J connectivity index is 1.37. The molecule has 0 saturated carbocycles. The Hall–Kier alpha value is -3.07. The molecule has 1 fully saturated rings. The molecule has 1 aliphatic heterocycles. The van der Waals surface area contributed by atoms with E-state index in [0.717, 1.165) is 36.4 Å². The van der Waals surface area contributed by atoms with E-state index in [9.17, 15) is 9.18 Å². The molecule has 1 amide bonds. The van der Waals surface area contributed by atoms with Crippen molar-refractivity contribution in [3.63, 3.8) is 0 Å². The van der Waals surface area contributed by atoms with E-state index < -0.39 is 6.10 Å². The Morgan fingerprint density at radius 3 is 2.90 bits per heavy atom. The van der Waals surface area contributed by atoms with Crippen molar-refractivity contribution in [2.45, 2.75) is 31.9 Å². The highest BCUT2D eigenvalue weighted by molar-refractivity contribution is 5.80. The van der Waals surface area contributed by atoms with E-state index in [4.69, 9.17) is 9.84 Å². The minimum Gasteiger partial charge on any atom is -0.481 e. The van der Waals surface area contributed by atoms with Crippen molar-refractivity contribution < 1.29 is 13.9 Å². The molecule has 9 heteroatoms. The highest BCUT2D eigenvalue weighted by Crippen LogP contribution is 2.26. The number of halogens is 1. The van der Waals surface area contributed by atoms with Gasteiger partial charge < -0.3 is 15.4 Å². The van der Waals surface area contributed by atoms with Crippen molar-refractivity contribution >= 4 is 17.1 Å². The number of carbonyl (C=O) groups is 1. The molecule has 0 spiro atoms. The molecule has 0 bridgehead atoms. The first-order chi connectivity index (χ1) is 14.1. The summed E-state index contributed by atoms with van der Waals surface area (Å²) in [7, 11) is 0. The van der Waals surface area contributed by atoms with Crippen LogP contribution in [0.1, 0.15) is 25.0 Å². The van der Waals surface area contributed by atoms with Crippen LogP contribution in [0.25, 0.3) is 11.2 Å². The van der Waals surface area contributed by atoms with Gasteiger partial charge in [0, 0.05) is 31.4 Å². The van der Waals surface area contributed by atoms with Crippen LogP contribution < -0.4 is 15.4 Å². The number of nitrogens with zero attached hydrogens (tertiary/aromatic N) is 4. The second-order valence-corrected chi connectivity index (χ2v) is 7.03. The molecule has 3 aromatic rings. The van der Waals surface area contributed by atoms with Crippen LogP contribution in [0.15, 0.2) is 36.7 Å². The molecule has 0 unspecified atom stereocenters. The average molecular weight is 398 g/mol. The maximum atomic E-state index is 13.0.